The summed E-state index contributed by atoms with van der Waals surface area (Å²) in [6.45, 7) is 0. The zero-order valence-electron chi connectivity index (χ0n) is 12.4. The lowest BCUT2D eigenvalue weighted by atomic mass is 10.2. The van der Waals surface area contributed by atoms with Crippen molar-refractivity contribution < 1.29 is 0 Å². The monoisotopic (exact) mass is 376 g/mol. The van der Waals surface area contributed by atoms with E-state index in [-0.39, 0.29) is 0 Å². The van der Waals surface area contributed by atoms with Gasteiger partial charge in [-0.3, -0.25) is 5.43 Å². The van der Waals surface area contributed by atoms with Crippen LogP contribution in [0.15, 0.2) is 58.1 Å². The summed E-state index contributed by atoms with van der Waals surface area (Å²) in [6, 6.07) is 15.8. The first-order valence-corrected chi connectivity index (χ1v) is 7.88. The van der Waals surface area contributed by atoms with E-state index in [1.165, 1.54) is 0 Å². The molecule has 2 aromatic carbocycles. The Kier molecular flexibility index (Phi) is 5.91. The third-order valence-electron chi connectivity index (χ3n) is 2.86. The highest BCUT2D eigenvalue weighted by molar-refractivity contribution is 9.10. The van der Waals surface area contributed by atoms with Crippen molar-refractivity contribution in [2.45, 2.75) is 0 Å². The van der Waals surface area contributed by atoms with Gasteiger partial charge in [-0.15, -0.1) is 0 Å². The fourth-order valence-electron chi connectivity index (χ4n) is 1.81. The highest BCUT2D eigenvalue weighted by Crippen LogP contribution is 2.25. The molecule has 0 heterocycles. The molecule has 4 nitrogen and oxygen atoms in total. The first kappa shape index (κ1) is 16.5. The molecular weight excluding hydrogens is 360 g/mol. The minimum absolute atomic E-state index is 0.450. The van der Waals surface area contributed by atoms with Gasteiger partial charge in [-0.2, -0.15) is 5.10 Å². The molecule has 0 saturated carbocycles. The normalized spacial score (nSPS) is 10.5. The molecule has 0 bridgehead atoms. The van der Waals surface area contributed by atoms with E-state index < -0.39 is 0 Å². The minimum atomic E-state index is 0.450. The smallest absolute Gasteiger partial charge is 0.191 e. The van der Waals surface area contributed by atoms with E-state index in [4.69, 9.17) is 12.2 Å². The second-order valence-electron chi connectivity index (χ2n) is 4.80. The Hall–Kier alpha value is -1.92. The van der Waals surface area contributed by atoms with Crippen LogP contribution in [0, 0.1) is 0 Å². The van der Waals surface area contributed by atoms with Crippen molar-refractivity contribution in [2.24, 2.45) is 5.10 Å². The number of benzene rings is 2. The summed E-state index contributed by atoms with van der Waals surface area (Å²) >= 11 is 8.73. The van der Waals surface area contributed by atoms with E-state index in [0.29, 0.717) is 5.11 Å². The van der Waals surface area contributed by atoms with E-state index in [2.05, 4.69) is 31.8 Å². The molecule has 0 aromatic heterocycles. The first-order chi connectivity index (χ1) is 10.6. The maximum Gasteiger partial charge on any atom is 0.191 e. The number of hydrazone groups is 1. The molecule has 0 saturated heterocycles. The quantitative estimate of drug-likeness (QED) is 0.483. The Morgan fingerprint density at radius 3 is 2.55 bits per heavy atom. The first-order valence-electron chi connectivity index (χ1n) is 6.68. The molecule has 22 heavy (non-hydrogen) atoms. The van der Waals surface area contributed by atoms with Gasteiger partial charge in [0, 0.05) is 24.3 Å². The molecule has 0 aliphatic heterocycles. The predicted molar refractivity (Wildman–Crippen MR) is 102 cm³/mol. The summed E-state index contributed by atoms with van der Waals surface area (Å²) in [7, 11) is 4.01. The van der Waals surface area contributed by atoms with Gasteiger partial charge >= 0.3 is 0 Å². The minimum Gasteiger partial charge on any atom is -0.377 e. The largest absolute Gasteiger partial charge is 0.377 e. The Bertz CT molecular complexity index is 671. The second-order valence-corrected chi connectivity index (χ2v) is 6.06. The van der Waals surface area contributed by atoms with E-state index >= 15 is 0 Å². The van der Waals surface area contributed by atoms with Crippen LogP contribution in [0.5, 0.6) is 0 Å². The zero-order valence-corrected chi connectivity index (χ0v) is 14.8. The Labute approximate surface area is 144 Å². The lowest BCUT2D eigenvalue weighted by molar-refractivity contribution is 1.05. The lowest BCUT2D eigenvalue weighted by Gasteiger charge is -2.14. The standard InChI is InChI=1S/C16H17BrN4S/c1-21(2)15-9-8-12(10-14(15)17)11-18-20-16(22)19-13-6-4-3-5-7-13/h3-11H,1-2H3,(H2,19,20,22)/b18-11-. The molecule has 0 fully saturated rings. The van der Waals surface area contributed by atoms with E-state index in [1.807, 2.05) is 67.5 Å². The van der Waals surface area contributed by atoms with Gasteiger partial charge in [0.1, 0.15) is 0 Å². The number of rotatable bonds is 4. The Balaban J connectivity index is 1.92. The van der Waals surface area contributed by atoms with Gasteiger partial charge in [-0.25, -0.2) is 0 Å². The second kappa shape index (κ2) is 7.91. The van der Waals surface area contributed by atoms with Crippen molar-refractivity contribution in [1.29, 1.82) is 0 Å². The van der Waals surface area contributed by atoms with Crippen LogP contribution >= 0.6 is 28.1 Å². The molecule has 0 radical (unpaired) electrons. The van der Waals surface area contributed by atoms with Crippen LogP contribution in [-0.2, 0) is 0 Å². The molecular formula is C16H17BrN4S. The fraction of sp³-hybridized carbons (Fsp3) is 0.125. The number of hydrogen-bond donors (Lipinski definition) is 2. The van der Waals surface area contributed by atoms with Gasteiger partial charge in [-0.05, 0) is 58.0 Å². The molecule has 2 N–H and O–H groups in total. The number of anilines is 2. The van der Waals surface area contributed by atoms with Crippen molar-refractivity contribution >= 4 is 50.8 Å². The van der Waals surface area contributed by atoms with Crippen LogP contribution in [0.1, 0.15) is 5.56 Å². The fourth-order valence-corrected chi connectivity index (χ4v) is 2.73. The van der Waals surface area contributed by atoms with Crippen LogP contribution in [0.4, 0.5) is 11.4 Å². The number of thiocarbonyl (C=S) groups is 1. The molecule has 0 amide bonds. The summed E-state index contributed by atoms with van der Waals surface area (Å²) in [6.07, 6.45) is 1.73. The Morgan fingerprint density at radius 1 is 1.18 bits per heavy atom. The van der Waals surface area contributed by atoms with Crippen molar-refractivity contribution in [3.05, 3.63) is 58.6 Å². The topological polar surface area (TPSA) is 39.7 Å². The van der Waals surface area contributed by atoms with Gasteiger partial charge in [0.15, 0.2) is 5.11 Å². The summed E-state index contributed by atoms with van der Waals surface area (Å²) in [4.78, 5) is 2.04. The van der Waals surface area contributed by atoms with Crippen LogP contribution < -0.4 is 15.6 Å². The lowest BCUT2D eigenvalue weighted by Crippen LogP contribution is -2.23. The van der Waals surface area contributed by atoms with E-state index in [0.717, 1.165) is 21.4 Å². The molecule has 0 spiro atoms. The predicted octanol–water partition coefficient (Wildman–Crippen LogP) is 3.84. The molecule has 0 aliphatic carbocycles. The summed E-state index contributed by atoms with van der Waals surface area (Å²) in [5.74, 6) is 0. The molecule has 0 aliphatic rings. The van der Waals surface area contributed by atoms with Crippen molar-refractivity contribution in [3.8, 4) is 0 Å². The average Bonchev–Trinajstić information content (AvgIpc) is 2.48. The average molecular weight is 377 g/mol. The van der Waals surface area contributed by atoms with Crippen LogP contribution in [0.2, 0.25) is 0 Å². The maximum atomic E-state index is 5.18. The zero-order chi connectivity index (χ0) is 15.9. The van der Waals surface area contributed by atoms with Crippen LogP contribution in [-0.4, -0.2) is 25.4 Å². The van der Waals surface area contributed by atoms with Crippen molar-refractivity contribution in [3.63, 3.8) is 0 Å². The summed E-state index contributed by atoms with van der Waals surface area (Å²) < 4.78 is 1.02. The van der Waals surface area contributed by atoms with Gasteiger partial charge in [-0.1, -0.05) is 24.3 Å². The van der Waals surface area contributed by atoms with Crippen LogP contribution in [0.25, 0.3) is 0 Å². The number of halogens is 1. The summed E-state index contributed by atoms with van der Waals surface area (Å²) in [5, 5.41) is 7.64. The third kappa shape index (κ3) is 4.82. The molecule has 0 unspecified atom stereocenters. The SMILES string of the molecule is CN(C)c1ccc(/C=N\NC(=S)Nc2ccccc2)cc1Br. The summed E-state index contributed by atoms with van der Waals surface area (Å²) in [5.41, 5.74) is 5.82. The number of nitrogens with zero attached hydrogens (tertiary/aromatic N) is 2. The van der Waals surface area contributed by atoms with Crippen LogP contribution in [0.3, 0.4) is 0 Å². The highest BCUT2D eigenvalue weighted by atomic mass is 79.9. The molecule has 0 atom stereocenters. The van der Waals surface area contributed by atoms with Gasteiger partial charge in [0.25, 0.3) is 0 Å². The van der Waals surface area contributed by atoms with Gasteiger partial charge in [0.05, 0.1) is 11.9 Å². The maximum absolute atomic E-state index is 5.18. The third-order valence-corrected chi connectivity index (χ3v) is 3.69. The highest BCUT2D eigenvalue weighted by Gasteiger charge is 2.02. The van der Waals surface area contributed by atoms with E-state index in [9.17, 15) is 0 Å². The number of hydrogen-bond acceptors (Lipinski definition) is 3. The molecule has 2 aromatic rings. The van der Waals surface area contributed by atoms with Gasteiger partial charge < -0.3 is 10.2 Å². The van der Waals surface area contributed by atoms with E-state index in [1.54, 1.807) is 6.21 Å². The molecule has 6 heteroatoms. The molecule has 114 valence electrons. The molecule has 2 rings (SSSR count). The van der Waals surface area contributed by atoms with Crippen molar-refractivity contribution in [2.75, 3.05) is 24.3 Å². The van der Waals surface area contributed by atoms with Crippen molar-refractivity contribution in [1.82, 2.24) is 5.43 Å². The van der Waals surface area contributed by atoms with Gasteiger partial charge in [0.2, 0.25) is 0 Å². The Morgan fingerprint density at radius 2 is 1.91 bits per heavy atom. The number of nitrogens with one attached hydrogen (secondary N) is 2. The number of para-hydroxylation sites is 1.